The first-order valence-corrected chi connectivity index (χ1v) is 45.5. The average molecular weight is 1890 g/mol. The molecule has 0 spiro atoms. The van der Waals surface area contributed by atoms with Gasteiger partial charge in [-0.1, -0.05) is 0 Å². The summed E-state index contributed by atoms with van der Waals surface area (Å²) in [6.45, 7) is 2.36. The number of aliphatic hydroxyl groups is 13. The standard InChI is InChI=1S/C27H53N7O10.C26H53N7O11.C25H51N7O10/c28-3-4-34(40)19(36)8-13-7-17(31)25(23(39)24(13)43-27-22(38)20(32)21(37)18(11-35)42-27)44-26-16(30)2-1-15(41-26)10-33-9-12-5-14(29)6-12;27-4-3-13(35)9-32-10-14-1-2-15(29)25(41-14)44-24-16(30)7-12(8-18(36)33(40)6-5-28)23(22(24)39)43-26-21(38)19(31)20(37)17(11-34)42-26;26-4-1-6-31-10-13-2-3-14(28)24(39-13)42-23-15(29)8-12(9-17(34)32(38)7-5-27)22(21(23)37)41-25-20(36)18(30)19(35)16(11-33)40-25/h12-18,20-27,33,35,37-40H,1-11,28-32H2;12-17,19-26,32,34-35,37-40H,1-11,27-31H2;12-16,18-25,31,33,35-38H,1-11,26-30H2/t12?,13-,14?,15-,16+,17-,18+,20-,21+,22+,23+,24-,25?,26+,27+;12-,13?,14-,15+,16-,17+,19-,20+,21+,22+,23-,24?,25+,26+;12-,13-,14+,15-,16+,18-,19+,20+,21+,22-,23?,24+,25+/m000/s1. The second-order valence-corrected chi connectivity index (χ2v) is 36.0. The Hall–Kier alpha value is -3.43. The summed E-state index contributed by atoms with van der Waals surface area (Å²) < 4.78 is 71.7. The highest BCUT2D eigenvalue weighted by atomic mass is 16.7. The molecular formula is C78H157N21O31. The molecule has 10 aliphatic rings. The first kappa shape index (κ1) is 112. The maximum absolute atomic E-state index is 12.8. The van der Waals surface area contributed by atoms with Crippen molar-refractivity contribution in [2.75, 3.05) is 111 Å². The smallest absolute Gasteiger partial charge is 0.246 e. The molecule has 0 aromatic rings. The lowest BCUT2D eigenvalue weighted by molar-refractivity contribution is -0.318. The average Bonchev–Trinajstić information content (AvgIpc) is 0.782. The summed E-state index contributed by atoms with van der Waals surface area (Å²) in [5.74, 6) is -3.79. The van der Waals surface area contributed by atoms with E-state index < -0.39 is 263 Å². The molecule has 4 aliphatic carbocycles. The maximum Gasteiger partial charge on any atom is 0.246 e. The number of amides is 3. The van der Waals surface area contributed by atoms with Crippen molar-refractivity contribution < 1.29 is 153 Å². The number of aliphatic hydroxyl groups excluding tert-OH is 13. The zero-order valence-electron chi connectivity index (χ0n) is 73.9. The topological polar surface area (TPSA) is 922 Å². The summed E-state index contributed by atoms with van der Waals surface area (Å²) in [7, 11) is 0. The predicted molar refractivity (Wildman–Crippen MR) is 454 cm³/mol. The number of carbonyl (C=O) groups excluding carboxylic acids is 3. The molecule has 3 amide bonds. The van der Waals surface area contributed by atoms with E-state index in [4.69, 9.17) is 143 Å². The molecule has 52 heteroatoms. The number of nitrogens with zero attached hydrogens (tertiary/aromatic N) is 3. The Labute approximate surface area is 755 Å². The third kappa shape index (κ3) is 31.0. The van der Waals surface area contributed by atoms with E-state index in [1.807, 2.05) is 0 Å². The lowest BCUT2D eigenvalue weighted by atomic mass is 9.77. The zero-order valence-corrected chi connectivity index (χ0v) is 73.9. The van der Waals surface area contributed by atoms with Crippen LogP contribution in [0.5, 0.6) is 0 Å². The molecule has 6 saturated heterocycles. The van der Waals surface area contributed by atoms with Crippen LogP contribution in [0, 0.1) is 23.7 Å². The highest BCUT2D eigenvalue weighted by molar-refractivity contribution is 5.76. The van der Waals surface area contributed by atoms with E-state index in [1.54, 1.807) is 0 Å². The number of hydrogen-bond acceptors (Lipinski definition) is 49. The van der Waals surface area contributed by atoms with Crippen LogP contribution >= 0.6 is 0 Å². The van der Waals surface area contributed by atoms with Crippen molar-refractivity contribution in [3.63, 3.8) is 0 Å². The summed E-state index contributed by atoms with van der Waals surface area (Å²) >= 11 is 0. The van der Waals surface area contributed by atoms with Gasteiger partial charge >= 0.3 is 0 Å². The normalized spacial score (nSPS) is 42.1. The Morgan fingerprint density at radius 1 is 0.354 bits per heavy atom. The minimum absolute atomic E-state index is 0.0161. The van der Waals surface area contributed by atoms with Crippen LogP contribution in [0.15, 0.2) is 0 Å². The highest BCUT2D eigenvalue weighted by Gasteiger charge is 2.56. The molecule has 0 aromatic carbocycles. The van der Waals surface area contributed by atoms with Gasteiger partial charge in [0.25, 0.3) is 0 Å². The highest BCUT2D eigenvalue weighted by Crippen LogP contribution is 2.41. The van der Waals surface area contributed by atoms with Crippen molar-refractivity contribution in [3.8, 4) is 0 Å². The molecule has 52 nitrogen and oxygen atoms in total. The molecule has 130 heavy (non-hydrogen) atoms. The summed E-state index contributed by atoms with van der Waals surface area (Å²) in [6, 6.07) is -7.32. The molecule has 0 radical (unpaired) electrons. The van der Waals surface area contributed by atoms with Gasteiger partial charge in [-0.3, -0.25) is 30.0 Å². The second kappa shape index (κ2) is 54.8. The van der Waals surface area contributed by atoms with Gasteiger partial charge < -0.3 is 225 Å². The molecule has 6 aliphatic heterocycles. The van der Waals surface area contributed by atoms with Crippen LogP contribution in [-0.2, 0) is 71.2 Å². The van der Waals surface area contributed by atoms with Gasteiger partial charge in [0.1, 0.15) is 91.6 Å². The molecule has 0 aromatic heterocycles. The fraction of sp³-hybridized carbons (Fsp3) is 0.962. The molecular weight excluding hydrogens is 1730 g/mol. The van der Waals surface area contributed by atoms with E-state index in [1.165, 1.54) is 0 Å². The Balaban J connectivity index is 0.000000241. The first-order chi connectivity index (χ1) is 61.8. The fourth-order valence-electron chi connectivity index (χ4n) is 18.1. The first-order valence-electron chi connectivity index (χ1n) is 45.5. The van der Waals surface area contributed by atoms with Gasteiger partial charge in [-0.15, -0.1) is 0 Å². The second-order valence-electron chi connectivity index (χ2n) is 36.0. The Morgan fingerprint density at radius 2 is 0.662 bits per heavy atom. The van der Waals surface area contributed by atoms with E-state index >= 15 is 0 Å². The van der Waals surface area contributed by atoms with Gasteiger partial charge in [0.2, 0.25) is 17.7 Å². The number of ether oxygens (including phenoxy) is 12. The molecule has 49 N–H and O–H groups in total. The van der Waals surface area contributed by atoms with Crippen LogP contribution in [0.4, 0.5) is 0 Å². The van der Waals surface area contributed by atoms with E-state index in [-0.39, 0.29) is 102 Å². The molecule has 0 bridgehead atoms. The van der Waals surface area contributed by atoms with Gasteiger partial charge in [0, 0.05) is 89.2 Å². The van der Waals surface area contributed by atoms with Crippen molar-refractivity contribution in [2.24, 2.45) is 110 Å². The lowest BCUT2D eigenvalue weighted by Crippen LogP contribution is -2.66. The Morgan fingerprint density at radius 3 is 0.954 bits per heavy atom. The summed E-state index contributed by atoms with van der Waals surface area (Å²) in [6.07, 6.45) is -25.3. The van der Waals surface area contributed by atoms with E-state index in [0.29, 0.717) is 98.9 Å². The molecule has 760 valence electrons. The molecule has 10 fully saturated rings. The van der Waals surface area contributed by atoms with Gasteiger partial charge in [0.15, 0.2) is 37.7 Å². The van der Waals surface area contributed by atoms with Crippen LogP contribution in [-0.4, -0.2) is 459 Å². The number of rotatable bonds is 42. The SMILES string of the molecule is NCCC(O)CNC[C@@H]1CC[C@@H](N)[C@@H](OC2[C@@H](N)C[C@@H](CC(=O)N(O)CCN)[C@H](O[C@H]3O[C@H](CO)[C@@H](O)[C@H](N)[C@H]3O)[C@H]2O)O1.NCCCNC[C@@H]1CC[C@@H](N)[C@@H](OC2[C@@H](N)C[C@@H](CC(=O)N(O)CCN)[C@H](O[C@H]3O[C@H](CO)[C@@H](O)[C@H](N)[C@H]3O)[C@H]2O)O1.NCCN(O)C(=O)C[C@@H]1C[C@H](N)C(O[C@H]2O[C@H](CNCC3CC(N)C3)CC[C@H]2N)[C@H](O)[C@H]1O[C@H]1O[C@H](CO)[C@@H](O)[C@H](N)[C@H]1O. The van der Waals surface area contributed by atoms with E-state index in [0.717, 1.165) is 38.8 Å². The molecule has 6 heterocycles. The monoisotopic (exact) mass is 1880 g/mol. The van der Waals surface area contributed by atoms with Crippen LogP contribution in [0.1, 0.15) is 103 Å². The van der Waals surface area contributed by atoms with E-state index in [2.05, 4.69) is 16.0 Å². The van der Waals surface area contributed by atoms with Gasteiger partial charge in [0.05, 0.1) is 118 Å². The third-order valence-electron chi connectivity index (χ3n) is 25.9. The number of hydroxylamine groups is 6. The Bertz CT molecular complexity index is 3100. The van der Waals surface area contributed by atoms with Crippen LogP contribution in [0.3, 0.4) is 0 Å². The molecule has 4 saturated carbocycles. The van der Waals surface area contributed by atoms with E-state index in [9.17, 15) is 96.4 Å². The van der Waals surface area contributed by atoms with Crippen LogP contribution in [0.2, 0.25) is 0 Å². The number of carbonyl (C=O) groups is 3. The minimum atomic E-state index is -1.55. The Kier molecular flexibility index (Phi) is 47.2. The van der Waals surface area contributed by atoms with Crippen molar-refractivity contribution >= 4 is 17.7 Å². The largest absolute Gasteiger partial charge is 0.394 e. The molecule has 10 rings (SSSR count). The third-order valence-corrected chi connectivity index (χ3v) is 25.9. The summed E-state index contributed by atoms with van der Waals surface area (Å²) in [5, 5.41) is 178. The van der Waals surface area contributed by atoms with Gasteiger partial charge in [-0.2, -0.15) is 0 Å². The van der Waals surface area contributed by atoms with Gasteiger partial charge in [-0.25, -0.2) is 15.2 Å². The minimum Gasteiger partial charge on any atom is -0.394 e. The van der Waals surface area contributed by atoms with Crippen LogP contribution < -0.4 is 102 Å². The van der Waals surface area contributed by atoms with Crippen molar-refractivity contribution in [1.82, 2.24) is 31.1 Å². The fourth-order valence-corrected chi connectivity index (χ4v) is 18.1. The molecule has 40 atom stereocenters. The van der Waals surface area contributed by atoms with Crippen LogP contribution in [0.25, 0.3) is 0 Å². The summed E-state index contributed by atoms with van der Waals surface area (Å²) in [5.41, 5.74) is 89.4. The lowest BCUT2D eigenvalue weighted by Gasteiger charge is -2.48. The number of nitrogens with two attached hydrogens (primary N) is 15. The number of hydrogen-bond donors (Lipinski definition) is 34. The van der Waals surface area contributed by atoms with Crippen molar-refractivity contribution in [1.29, 1.82) is 0 Å². The number of nitrogens with one attached hydrogen (secondary N) is 3. The van der Waals surface area contributed by atoms with Crippen molar-refractivity contribution in [2.45, 2.75) is 335 Å². The zero-order chi connectivity index (χ0) is 95.7. The predicted octanol–water partition coefficient (Wildman–Crippen LogP) is -16.5. The maximum atomic E-state index is 12.8. The van der Waals surface area contributed by atoms with Crippen molar-refractivity contribution in [3.05, 3.63) is 0 Å². The van der Waals surface area contributed by atoms with Gasteiger partial charge in [-0.05, 0) is 133 Å². The molecule has 4 unspecified atom stereocenters. The quantitative estimate of drug-likeness (QED) is 0.0153. The summed E-state index contributed by atoms with van der Waals surface area (Å²) in [4.78, 5) is 38.2.